The number of carbonyl (C=O) groups excluding carboxylic acids is 3. The zero-order valence-electron chi connectivity index (χ0n) is 24.9. The van der Waals surface area contributed by atoms with Crippen molar-refractivity contribution in [2.24, 2.45) is 5.41 Å². The number of benzene rings is 1. The second-order valence-electron chi connectivity index (χ2n) is 12.8. The summed E-state index contributed by atoms with van der Waals surface area (Å²) in [6.07, 6.45) is 0.207. The van der Waals surface area contributed by atoms with Gasteiger partial charge in [0, 0.05) is 25.8 Å². The van der Waals surface area contributed by atoms with Crippen LogP contribution in [-0.4, -0.2) is 63.0 Å². The normalized spacial score (nSPS) is 21.2. The SMILES string of the molecule is [C-]#[N+]C1(C(=O)N[C@H](C(=O)N2C[C@H](O)C[C@H]2C(=O)N[C@@H](C)c2ccc(-c3scnc3C)cc2C(C)C)C(C)(C)C)CC1. The monoisotopic (exact) mass is 579 g/mol. The number of rotatable bonds is 8. The number of carbonyl (C=O) groups is 3. The molecule has 0 spiro atoms. The summed E-state index contributed by atoms with van der Waals surface area (Å²) in [5.74, 6) is -1.01. The maximum absolute atomic E-state index is 13.8. The molecule has 1 aromatic carbocycles. The molecule has 0 radical (unpaired) electrons. The van der Waals surface area contributed by atoms with Crippen LogP contribution in [0.5, 0.6) is 0 Å². The molecule has 4 rings (SSSR count). The molecule has 0 unspecified atom stereocenters. The van der Waals surface area contributed by atoms with Crippen molar-refractivity contribution in [1.29, 1.82) is 0 Å². The van der Waals surface area contributed by atoms with Crippen molar-refractivity contribution < 1.29 is 19.5 Å². The van der Waals surface area contributed by atoms with Gasteiger partial charge in [-0.15, -0.1) is 11.3 Å². The van der Waals surface area contributed by atoms with Crippen LogP contribution in [0.15, 0.2) is 23.7 Å². The average Bonchev–Trinajstić information content (AvgIpc) is 3.44. The molecule has 4 atom stereocenters. The summed E-state index contributed by atoms with van der Waals surface area (Å²) >= 11 is 1.60. The molecule has 0 bridgehead atoms. The Balaban J connectivity index is 1.54. The van der Waals surface area contributed by atoms with Crippen molar-refractivity contribution in [3.8, 4) is 10.4 Å². The maximum Gasteiger partial charge on any atom is 0.309 e. The van der Waals surface area contributed by atoms with E-state index in [1.807, 2.05) is 52.3 Å². The molecule has 3 N–H and O–H groups in total. The van der Waals surface area contributed by atoms with E-state index in [0.717, 1.165) is 27.3 Å². The molecular formula is C31H41N5O4S. The first kappa shape index (κ1) is 30.7. The highest BCUT2D eigenvalue weighted by atomic mass is 32.1. The molecule has 3 amide bonds. The van der Waals surface area contributed by atoms with Crippen LogP contribution in [0.2, 0.25) is 0 Å². The molecule has 2 heterocycles. The van der Waals surface area contributed by atoms with Crippen LogP contribution in [0.3, 0.4) is 0 Å². The largest absolute Gasteiger partial charge is 0.391 e. The zero-order chi connectivity index (χ0) is 30.3. The molecule has 2 aromatic rings. The van der Waals surface area contributed by atoms with Gasteiger partial charge in [0.25, 0.3) is 0 Å². The summed E-state index contributed by atoms with van der Waals surface area (Å²) in [5.41, 5.74) is 4.25. The van der Waals surface area contributed by atoms with Gasteiger partial charge in [-0.1, -0.05) is 46.8 Å². The number of β-amino-alcohol motifs (C(OH)–C–C–N with tert-alkyl or cyclic N) is 1. The standard InChI is InChI=1S/C31H41N5O4S/c1-17(2)23-13-20(25-19(4)33-16-41-25)9-10-22(23)18(3)34-27(38)24-14-21(37)15-36(24)28(39)26(30(5,6)7)35-29(40)31(32-8)11-12-31/h9-10,13,16-18,21,24,26,37H,11-12,14-15H2,1-7H3,(H,34,38)(H,35,40)/t18-,21+,24-,26+/m0/s1. The molecule has 1 aromatic heterocycles. The lowest BCUT2D eigenvalue weighted by atomic mass is 9.85. The number of likely N-dealkylation sites (tertiary alicyclic amines) is 1. The molecule has 10 heteroatoms. The first-order valence-corrected chi connectivity index (χ1v) is 15.1. The Hall–Kier alpha value is -3.29. The van der Waals surface area contributed by atoms with Crippen molar-refractivity contribution in [2.75, 3.05) is 6.54 Å². The molecular weight excluding hydrogens is 538 g/mol. The molecule has 220 valence electrons. The van der Waals surface area contributed by atoms with E-state index in [0.29, 0.717) is 12.8 Å². The highest BCUT2D eigenvalue weighted by Gasteiger charge is 2.59. The first-order valence-electron chi connectivity index (χ1n) is 14.2. The van der Waals surface area contributed by atoms with Gasteiger partial charge in [-0.25, -0.2) is 11.6 Å². The minimum atomic E-state index is -1.09. The smallest absolute Gasteiger partial charge is 0.309 e. The highest BCUT2D eigenvalue weighted by molar-refractivity contribution is 7.13. The molecule has 1 aliphatic heterocycles. The number of aromatic nitrogens is 1. The fraction of sp³-hybridized carbons (Fsp3) is 0.581. The Morgan fingerprint density at radius 3 is 2.39 bits per heavy atom. The van der Waals surface area contributed by atoms with Crippen LogP contribution >= 0.6 is 11.3 Å². The fourth-order valence-electron chi connectivity index (χ4n) is 5.47. The Morgan fingerprint density at radius 1 is 1.17 bits per heavy atom. The predicted molar refractivity (Wildman–Crippen MR) is 159 cm³/mol. The van der Waals surface area contributed by atoms with E-state index in [2.05, 4.69) is 40.4 Å². The quantitative estimate of drug-likeness (QED) is 0.402. The molecule has 1 aliphatic carbocycles. The minimum absolute atomic E-state index is 0.00184. The Morgan fingerprint density at radius 2 is 1.85 bits per heavy atom. The van der Waals surface area contributed by atoms with Crippen molar-refractivity contribution in [3.63, 3.8) is 0 Å². The third kappa shape index (κ3) is 6.31. The number of nitrogens with zero attached hydrogens (tertiary/aromatic N) is 3. The van der Waals surface area contributed by atoms with Gasteiger partial charge in [-0.2, -0.15) is 0 Å². The van der Waals surface area contributed by atoms with Crippen LogP contribution in [0, 0.1) is 18.9 Å². The van der Waals surface area contributed by atoms with Gasteiger partial charge in [-0.3, -0.25) is 19.2 Å². The van der Waals surface area contributed by atoms with Crippen LogP contribution < -0.4 is 10.6 Å². The number of aliphatic hydroxyl groups is 1. The topological polar surface area (TPSA) is 116 Å². The number of amides is 3. The van der Waals surface area contributed by atoms with Gasteiger partial charge in [0.05, 0.1) is 28.2 Å². The summed E-state index contributed by atoms with van der Waals surface area (Å²) in [7, 11) is 0. The molecule has 1 saturated carbocycles. The van der Waals surface area contributed by atoms with E-state index < -0.39 is 41.0 Å². The van der Waals surface area contributed by atoms with E-state index in [4.69, 9.17) is 6.57 Å². The third-order valence-electron chi connectivity index (χ3n) is 8.16. The van der Waals surface area contributed by atoms with Crippen molar-refractivity contribution in [1.82, 2.24) is 20.5 Å². The molecule has 41 heavy (non-hydrogen) atoms. The lowest BCUT2D eigenvalue weighted by molar-refractivity contribution is -0.144. The van der Waals surface area contributed by atoms with Gasteiger partial charge in [0.2, 0.25) is 11.8 Å². The Bertz CT molecular complexity index is 1370. The number of aliphatic hydroxyl groups excluding tert-OH is 1. The number of hydrogen-bond acceptors (Lipinski definition) is 6. The summed E-state index contributed by atoms with van der Waals surface area (Å²) in [6, 6.07) is 4.09. The maximum atomic E-state index is 13.8. The second kappa shape index (κ2) is 11.5. The lowest BCUT2D eigenvalue weighted by Crippen LogP contribution is -2.59. The van der Waals surface area contributed by atoms with E-state index >= 15 is 0 Å². The number of hydrogen-bond donors (Lipinski definition) is 3. The van der Waals surface area contributed by atoms with Gasteiger partial charge < -0.3 is 20.6 Å². The number of nitrogens with one attached hydrogen (secondary N) is 2. The zero-order valence-corrected chi connectivity index (χ0v) is 25.8. The van der Waals surface area contributed by atoms with E-state index in [-0.39, 0.29) is 30.8 Å². The second-order valence-corrected chi connectivity index (χ2v) is 13.7. The molecule has 2 aliphatic rings. The predicted octanol–water partition coefficient (Wildman–Crippen LogP) is 4.36. The molecule has 2 fully saturated rings. The van der Waals surface area contributed by atoms with Crippen LogP contribution in [0.25, 0.3) is 15.3 Å². The highest BCUT2D eigenvalue weighted by Crippen LogP contribution is 2.41. The van der Waals surface area contributed by atoms with Crippen LogP contribution in [-0.2, 0) is 14.4 Å². The van der Waals surface area contributed by atoms with Gasteiger partial charge in [0.1, 0.15) is 12.1 Å². The van der Waals surface area contributed by atoms with Crippen molar-refractivity contribution in [3.05, 3.63) is 51.9 Å². The Labute approximate surface area is 246 Å². The van der Waals surface area contributed by atoms with Gasteiger partial charge in [-0.05, 0) is 47.9 Å². The first-order chi connectivity index (χ1) is 19.2. The molecule has 1 saturated heterocycles. The van der Waals surface area contributed by atoms with Gasteiger partial charge in [0.15, 0.2) is 0 Å². The summed E-state index contributed by atoms with van der Waals surface area (Å²) < 4.78 is 0. The summed E-state index contributed by atoms with van der Waals surface area (Å²) in [4.78, 5) is 50.7. The fourth-order valence-corrected chi connectivity index (χ4v) is 6.27. The van der Waals surface area contributed by atoms with Crippen LogP contribution in [0.4, 0.5) is 0 Å². The summed E-state index contributed by atoms with van der Waals surface area (Å²) in [5, 5.41) is 16.4. The Kier molecular flexibility index (Phi) is 8.63. The molecule has 9 nitrogen and oxygen atoms in total. The lowest BCUT2D eigenvalue weighted by Gasteiger charge is -2.35. The van der Waals surface area contributed by atoms with E-state index in [1.54, 1.807) is 11.3 Å². The minimum Gasteiger partial charge on any atom is -0.391 e. The van der Waals surface area contributed by atoms with E-state index in [9.17, 15) is 19.5 Å². The average molecular weight is 580 g/mol. The van der Waals surface area contributed by atoms with Crippen LogP contribution in [0.1, 0.15) is 89.6 Å². The van der Waals surface area contributed by atoms with Crippen molar-refractivity contribution >= 4 is 29.1 Å². The number of thiazole rings is 1. The number of aryl methyl sites for hydroxylation is 1. The van der Waals surface area contributed by atoms with Gasteiger partial charge >= 0.3 is 11.4 Å². The third-order valence-corrected chi connectivity index (χ3v) is 9.13. The van der Waals surface area contributed by atoms with E-state index in [1.165, 1.54) is 4.90 Å². The summed E-state index contributed by atoms with van der Waals surface area (Å²) in [6.45, 7) is 21.1. The van der Waals surface area contributed by atoms with Crippen molar-refractivity contribution in [2.45, 2.75) is 103 Å².